The minimum Gasteiger partial charge on any atom is -0.481 e. The molecule has 1 N–H and O–H groups in total. The Balaban J connectivity index is 2.02. The van der Waals surface area contributed by atoms with Crippen LogP contribution in [0.15, 0.2) is 24.5 Å². The molecule has 1 fully saturated rings. The van der Waals surface area contributed by atoms with Gasteiger partial charge in [0.25, 0.3) is 0 Å². The summed E-state index contributed by atoms with van der Waals surface area (Å²) in [5.41, 5.74) is 0.685. The number of piperidine rings is 1. The van der Waals surface area contributed by atoms with E-state index in [0.29, 0.717) is 31.6 Å². The van der Waals surface area contributed by atoms with Gasteiger partial charge in [0.1, 0.15) is 0 Å². The molecule has 104 valence electrons. The van der Waals surface area contributed by atoms with Gasteiger partial charge in [-0.25, -0.2) is 0 Å². The Morgan fingerprint density at radius 2 is 1.79 bits per heavy atom. The highest BCUT2D eigenvalue weighted by atomic mass is 19.4. The third-order valence-electron chi connectivity index (χ3n) is 3.31. The first-order valence-electron chi connectivity index (χ1n) is 5.94. The molecule has 0 aliphatic carbocycles. The lowest BCUT2D eigenvalue weighted by atomic mass is 9.97. The van der Waals surface area contributed by atoms with Crippen LogP contribution < -0.4 is 9.47 Å². The molecule has 0 bridgehead atoms. The molecule has 4 nitrogen and oxygen atoms in total. The van der Waals surface area contributed by atoms with E-state index in [1.165, 1.54) is 12.1 Å². The van der Waals surface area contributed by atoms with Crippen molar-refractivity contribution >= 4 is 11.7 Å². The minimum atomic E-state index is -4.41. The van der Waals surface area contributed by atoms with Crippen LogP contribution in [0.3, 0.4) is 0 Å². The summed E-state index contributed by atoms with van der Waals surface area (Å²) in [5, 5.41) is 8.87. The molecular formula is C12H14F3N2O2+. The first-order chi connectivity index (χ1) is 8.88. The SMILES string of the molecule is O=C(O)C1CCN(c2cc[n+](C(F)(F)F)cc2)CC1. The number of carbonyl (C=O) groups is 1. The van der Waals surface area contributed by atoms with E-state index in [9.17, 15) is 18.0 Å². The van der Waals surface area contributed by atoms with Crippen LogP contribution in [0.2, 0.25) is 0 Å². The predicted octanol–water partition coefficient (Wildman–Crippen LogP) is 1.75. The second kappa shape index (κ2) is 5.07. The van der Waals surface area contributed by atoms with E-state index >= 15 is 0 Å². The molecule has 1 aromatic heterocycles. The first kappa shape index (κ1) is 13.6. The zero-order valence-electron chi connectivity index (χ0n) is 10.1. The fourth-order valence-electron chi connectivity index (χ4n) is 2.18. The van der Waals surface area contributed by atoms with Crippen molar-refractivity contribution in [3.63, 3.8) is 0 Å². The highest BCUT2D eigenvalue weighted by Crippen LogP contribution is 2.23. The Morgan fingerprint density at radius 1 is 1.26 bits per heavy atom. The van der Waals surface area contributed by atoms with Gasteiger partial charge in [-0.3, -0.25) is 4.79 Å². The molecular weight excluding hydrogens is 261 g/mol. The Kier molecular flexibility index (Phi) is 3.64. The molecule has 7 heteroatoms. The number of nitrogens with zero attached hydrogens (tertiary/aromatic N) is 2. The lowest BCUT2D eigenvalue weighted by Crippen LogP contribution is -2.46. The summed E-state index contributed by atoms with van der Waals surface area (Å²) >= 11 is 0. The summed E-state index contributed by atoms with van der Waals surface area (Å²) in [6.07, 6.45) is -1.43. The molecule has 0 atom stereocenters. The first-order valence-corrected chi connectivity index (χ1v) is 5.94. The lowest BCUT2D eigenvalue weighted by Gasteiger charge is -2.31. The summed E-state index contributed by atoms with van der Waals surface area (Å²) < 4.78 is 37.3. The second-order valence-electron chi connectivity index (χ2n) is 4.53. The van der Waals surface area contributed by atoms with Crippen molar-refractivity contribution < 1.29 is 27.6 Å². The van der Waals surface area contributed by atoms with Crippen molar-refractivity contribution in [1.82, 2.24) is 0 Å². The van der Waals surface area contributed by atoms with E-state index in [2.05, 4.69) is 0 Å². The van der Waals surface area contributed by atoms with Crippen LogP contribution in [0.4, 0.5) is 18.9 Å². The maximum atomic E-state index is 12.4. The largest absolute Gasteiger partial charge is 0.637 e. The van der Waals surface area contributed by atoms with Gasteiger partial charge in [0.2, 0.25) is 0 Å². The maximum absolute atomic E-state index is 12.4. The van der Waals surface area contributed by atoms with Gasteiger partial charge in [-0.2, -0.15) is 0 Å². The molecule has 0 radical (unpaired) electrons. The van der Waals surface area contributed by atoms with Crippen LogP contribution >= 0.6 is 0 Å². The molecule has 0 saturated carbocycles. The molecule has 0 aromatic carbocycles. The Labute approximate surface area is 108 Å². The number of carboxylic acid groups (broad SMARTS) is 1. The van der Waals surface area contributed by atoms with Gasteiger partial charge < -0.3 is 10.0 Å². The third-order valence-corrected chi connectivity index (χ3v) is 3.31. The molecule has 1 saturated heterocycles. The van der Waals surface area contributed by atoms with Crippen molar-refractivity contribution in [2.24, 2.45) is 5.92 Å². The summed E-state index contributed by atoms with van der Waals surface area (Å²) in [6, 6.07) is 2.79. The summed E-state index contributed by atoms with van der Waals surface area (Å²) in [4.78, 5) is 12.7. The monoisotopic (exact) mass is 275 g/mol. The van der Waals surface area contributed by atoms with Gasteiger partial charge in [-0.1, -0.05) is 0 Å². The molecule has 2 rings (SSSR count). The van der Waals surface area contributed by atoms with Gasteiger partial charge in [0, 0.05) is 30.9 Å². The van der Waals surface area contributed by atoms with Gasteiger partial charge in [0.05, 0.1) is 5.92 Å². The minimum absolute atomic E-state index is 0.181. The Bertz CT molecular complexity index is 451. The van der Waals surface area contributed by atoms with E-state index in [1.807, 2.05) is 4.90 Å². The maximum Gasteiger partial charge on any atom is 0.637 e. The Morgan fingerprint density at radius 3 is 2.21 bits per heavy atom. The van der Waals surface area contributed by atoms with Crippen LogP contribution in [0.5, 0.6) is 0 Å². The van der Waals surface area contributed by atoms with Crippen LogP contribution in [0.25, 0.3) is 0 Å². The number of anilines is 1. The molecule has 1 aliphatic heterocycles. The summed E-state index contributed by atoms with van der Waals surface area (Å²) in [7, 11) is 0. The van der Waals surface area contributed by atoms with Crippen LogP contribution in [-0.4, -0.2) is 24.2 Å². The van der Waals surface area contributed by atoms with E-state index in [1.54, 1.807) is 0 Å². The number of rotatable bonds is 2. The average molecular weight is 275 g/mol. The van der Waals surface area contributed by atoms with Gasteiger partial charge >= 0.3 is 12.3 Å². The molecule has 0 unspecified atom stereocenters. The fourth-order valence-corrected chi connectivity index (χ4v) is 2.18. The molecule has 2 heterocycles. The number of aliphatic carboxylic acids is 1. The number of aromatic nitrogens is 1. The molecule has 1 aromatic rings. The lowest BCUT2D eigenvalue weighted by molar-refractivity contribution is -0.854. The highest BCUT2D eigenvalue weighted by molar-refractivity contribution is 5.70. The van der Waals surface area contributed by atoms with Crippen molar-refractivity contribution in [3.05, 3.63) is 24.5 Å². The topological polar surface area (TPSA) is 44.4 Å². The predicted molar refractivity (Wildman–Crippen MR) is 60.5 cm³/mol. The van der Waals surface area contributed by atoms with Crippen LogP contribution in [0, 0.1) is 5.92 Å². The van der Waals surface area contributed by atoms with Gasteiger partial charge in [-0.15, -0.1) is 17.7 Å². The summed E-state index contributed by atoms with van der Waals surface area (Å²) in [5.74, 6) is -1.15. The number of alkyl halides is 3. The number of carboxylic acids is 1. The van der Waals surface area contributed by atoms with Crippen molar-refractivity contribution in [3.8, 4) is 0 Å². The second-order valence-corrected chi connectivity index (χ2v) is 4.53. The number of halogens is 3. The molecule has 0 amide bonds. The highest BCUT2D eigenvalue weighted by Gasteiger charge is 2.41. The molecule has 19 heavy (non-hydrogen) atoms. The number of hydrogen-bond acceptors (Lipinski definition) is 2. The molecule has 0 spiro atoms. The standard InChI is InChI=1S/C12H13F3N2O2/c13-12(14,15)17-7-3-10(4-8-17)16-5-1-9(2-6-16)11(18)19/h3-4,7-9H,1-2,5-6H2/p+1. The van der Waals surface area contributed by atoms with E-state index in [4.69, 9.17) is 5.11 Å². The van der Waals surface area contributed by atoms with Crippen molar-refractivity contribution in [1.29, 1.82) is 0 Å². The summed E-state index contributed by atoms with van der Waals surface area (Å²) in [6.45, 7) is 1.10. The quantitative estimate of drug-likeness (QED) is 0.836. The zero-order chi connectivity index (χ0) is 14.0. The normalized spacial score (nSPS) is 17.5. The van der Waals surface area contributed by atoms with Crippen LogP contribution in [-0.2, 0) is 11.1 Å². The van der Waals surface area contributed by atoms with Gasteiger partial charge in [0.15, 0.2) is 12.4 Å². The van der Waals surface area contributed by atoms with Crippen LogP contribution in [0.1, 0.15) is 12.8 Å². The average Bonchev–Trinajstić information content (AvgIpc) is 2.38. The smallest absolute Gasteiger partial charge is 0.481 e. The van der Waals surface area contributed by atoms with Crippen molar-refractivity contribution in [2.75, 3.05) is 18.0 Å². The van der Waals surface area contributed by atoms with E-state index in [0.717, 1.165) is 12.4 Å². The number of hydrogen-bond donors (Lipinski definition) is 1. The van der Waals surface area contributed by atoms with E-state index in [-0.39, 0.29) is 10.5 Å². The molecule has 1 aliphatic rings. The van der Waals surface area contributed by atoms with Gasteiger partial charge in [-0.05, 0) is 12.8 Å². The number of pyridine rings is 1. The van der Waals surface area contributed by atoms with E-state index < -0.39 is 12.3 Å². The zero-order valence-corrected chi connectivity index (χ0v) is 10.1. The Hall–Kier alpha value is -1.79. The fraction of sp³-hybridized carbons (Fsp3) is 0.500. The van der Waals surface area contributed by atoms with Crippen molar-refractivity contribution in [2.45, 2.75) is 19.1 Å². The third kappa shape index (κ3) is 3.15.